The molecule has 0 unspecified atom stereocenters. The van der Waals surface area contributed by atoms with Gasteiger partial charge in [-0.1, -0.05) is 12.1 Å². The molecule has 0 saturated carbocycles. The summed E-state index contributed by atoms with van der Waals surface area (Å²) >= 11 is 0. The molecule has 2 atom stereocenters. The highest BCUT2D eigenvalue weighted by Crippen LogP contribution is 2.09. The first-order chi connectivity index (χ1) is 10.6. The van der Waals surface area contributed by atoms with Crippen LogP contribution in [-0.4, -0.2) is 56.5 Å². The third-order valence-corrected chi connectivity index (χ3v) is 3.58. The fourth-order valence-electron chi connectivity index (χ4n) is 2.56. The predicted molar refractivity (Wildman–Crippen MR) is 81.3 cm³/mol. The van der Waals surface area contributed by atoms with Gasteiger partial charge in [0.2, 0.25) is 0 Å². The number of nitrogens with zero attached hydrogens (tertiary/aromatic N) is 1. The molecular weight excluding hydrogens is 287 g/mol. The normalized spacial score (nSPS) is 19.8. The first kappa shape index (κ1) is 16.7. The van der Waals surface area contributed by atoms with Crippen molar-refractivity contribution < 1.29 is 18.7 Å². The van der Waals surface area contributed by atoms with E-state index in [1.165, 1.54) is 12.1 Å². The number of hydrogen-bond acceptors (Lipinski definition) is 3. The molecule has 2 rings (SSSR count). The summed E-state index contributed by atoms with van der Waals surface area (Å²) in [5, 5.41) is 2.95. The topological polar surface area (TPSA) is 50.8 Å². The molecule has 0 aromatic heterocycles. The quantitative estimate of drug-likeness (QED) is 0.902. The van der Waals surface area contributed by atoms with Gasteiger partial charge in [0, 0.05) is 19.7 Å². The van der Waals surface area contributed by atoms with Crippen LogP contribution in [0.4, 0.5) is 9.18 Å². The van der Waals surface area contributed by atoms with Crippen LogP contribution in [0.1, 0.15) is 12.5 Å². The number of benzene rings is 1. The Balaban J connectivity index is 1.83. The molecule has 6 heteroatoms. The van der Waals surface area contributed by atoms with Crippen LogP contribution >= 0.6 is 0 Å². The summed E-state index contributed by atoms with van der Waals surface area (Å²) in [5.41, 5.74) is 0.868. The Morgan fingerprint density at radius 1 is 1.59 bits per heavy atom. The van der Waals surface area contributed by atoms with Gasteiger partial charge in [-0.25, -0.2) is 9.18 Å². The Bertz CT molecular complexity index is 496. The number of morpholine rings is 1. The second-order valence-electron chi connectivity index (χ2n) is 5.58. The van der Waals surface area contributed by atoms with Gasteiger partial charge in [0.05, 0.1) is 25.9 Å². The van der Waals surface area contributed by atoms with Gasteiger partial charge < -0.3 is 19.7 Å². The average molecular weight is 310 g/mol. The molecule has 122 valence electrons. The summed E-state index contributed by atoms with van der Waals surface area (Å²) in [6, 6.07) is 6.25. The van der Waals surface area contributed by atoms with E-state index in [1.54, 1.807) is 18.1 Å². The van der Waals surface area contributed by atoms with E-state index >= 15 is 0 Å². The highest BCUT2D eigenvalue weighted by atomic mass is 19.1. The molecule has 0 radical (unpaired) electrons. The van der Waals surface area contributed by atoms with Crippen molar-refractivity contribution in [3.8, 4) is 0 Å². The van der Waals surface area contributed by atoms with Crippen LogP contribution in [0.5, 0.6) is 0 Å². The van der Waals surface area contributed by atoms with Crippen molar-refractivity contribution in [3.63, 3.8) is 0 Å². The Hall–Kier alpha value is -1.66. The highest BCUT2D eigenvalue weighted by molar-refractivity contribution is 5.74. The first-order valence-electron chi connectivity index (χ1n) is 7.49. The zero-order valence-electron chi connectivity index (χ0n) is 13.0. The first-order valence-corrected chi connectivity index (χ1v) is 7.49. The molecule has 1 heterocycles. The van der Waals surface area contributed by atoms with Gasteiger partial charge in [-0.05, 0) is 31.0 Å². The third kappa shape index (κ3) is 4.96. The Labute approximate surface area is 130 Å². The van der Waals surface area contributed by atoms with Gasteiger partial charge in [0.15, 0.2) is 0 Å². The van der Waals surface area contributed by atoms with Gasteiger partial charge in [-0.2, -0.15) is 0 Å². The van der Waals surface area contributed by atoms with Crippen LogP contribution in [0.25, 0.3) is 0 Å². The fourth-order valence-corrected chi connectivity index (χ4v) is 2.56. The van der Waals surface area contributed by atoms with Crippen LogP contribution in [0, 0.1) is 5.82 Å². The minimum atomic E-state index is -0.258. The molecule has 1 fully saturated rings. The monoisotopic (exact) mass is 310 g/mol. The SMILES string of the molecule is COC[C@H]1CN(C(=O)N[C@@H](C)Cc2cccc(F)c2)CCO1. The molecule has 1 aliphatic rings. The fraction of sp³-hybridized carbons (Fsp3) is 0.562. The molecule has 1 N–H and O–H groups in total. The maximum absolute atomic E-state index is 13.2. The van der Waals surface area contributed by atoms with E-state index in [0.29, 0.717) is 32.7 Å². The number of carbonyl (C=O) groups is 1. The lowest BCUT2D eigenvalue weighted by molar-refractivity contribution is -0.0496. The Morgan fingerprint density at radius 3 is 3.14 bits per heavy atom. The molecule has 5 nitrogen and oxygen atoms in total. The zero-order chi connectivity index (χ0) is 15.9. The molecule has 0 bridgehead atoms. The summed E-state index contributed by atoms with van der Waals surface area (Å²) in [4.78, 5) is 14.0. The van der Waals surface area contributed by atoms with Crippen molar-refractivity contribution in [2.24, 2.45) is 0 Å². The number of halogens is 1. The summed E-state index contributed by atoms with van der Waals surface area (Å²) in [5.74, 6) is -0.258. The van der Waals surface area contributed by atoms with Crippen LogP contribution in [0.3, 0.4) is 0 Å². The summed E-state index contributed by atoms with van der Waals surface area (Å²) in [7, 11) is 1.61. The molecule has 1 aliphatic heterocycles. The maximum Gasteiger partial charge on any atom is 0.317 e. The number of nitrogens with one attached hydrogen (secondary N) is 1. The molecule has 0 spiro atoms. The maximum atomic E-state index is 13.2. The smallest absolute Gasteiger partial charge is 0.317 e. The van der Waals surface area contributed by atoms with Crippen LogP contribution in [0.15, 0.2) is 24.3 Å². The van der Waals surface area contributed by atoms with Crippen LogP contribution in [0.2, 0.25) is 0 Å². The number of hydrogen-bond donors (Lipinski definition) is 1. The van der Waals surface area contributed by atoms with E-state index < -0.39 is 0 Å². The van der Waals surface area contributed by atoms with Crippen molar-refractivity contribution in [3.05, 3.63) is 35.6 Å². The number of rotatable bonds is 5. The summed E-state index contributed by atoms with van der Waals surface area (Å²) in [6.45, 7) is 3.99. The van der Waals surface area contributed by atoms with Gasteiger partial charge >= 0.3 is 6.03 Å². The number of urea groups is 1. The van der Waals surface area contributed by atoms with E-state index in [-0.39, 0.29) is 24.0 Å². The lowest BCUT2D eigenvalue weighted by atomic mass is 10.1. The van der Waals surface area contributed by atoms with Crippen LogP contribution < -0.4 is 5.32 Å². The average Bonchev–Trinajstić information content (AvgIpc) is 2.47. The molecule has 22 heavy (non-hydrogen) atoms. The standard InChI is InChI=1S/C16H23FN2O3/c1-12(8-13-4-3-5-14(17)9-13)18-16(20)19-6-7-22-15(10-19)11-21-2/h3-5,9,12,15H,6-8,10-11H2,1-2H3,(H,18,20)/t12-,15+/m0/s1. The number of ether oxygens (including phenoxy) is 2. The van der Waals surface area contributed by atoms with E-state index in [2.05, 4.69) is 5.32 Å². The second kappa shape index (κ2) is 8.10. The molecule has 0 aliphatic carbocycles. The molecule has 2 amide bonds. The van der Waals surface area contributed by atoms with Gasteiger partial charge in [-0.15, -0.1) is 0 Å². The zero-order valence-corrected chi connectivity index (χ0v) is 13.0. The molecule has 1 saturated heterocycles. The third-order valence-electron chi connectivity index (χ3n) is 3.58. The molecule has 1 aromatic rings. The second-order valence-corrected chi connectivity index (χ2v) is 5.58. The van der Waals surface area contributed by atoms with Crippen molar-refractivity contribution in [1.29, 1.82) is 0 Å². The van der Waals surface area contributed by atoms with E-state index in [9.17, 15) is 9.18 Å². The van der Waals surface area contributed by atoms with Crippen molar-refractivity contribution in [1.82, 2.24) is 10.2 Å². The number of amides is 2. The van der Waals surface area contributed by atoms with E-state index in [1.807, 2.05) is 13.0 Å². The minimum absolute atomic E-state index is 0.0713. The highest BCUT2D eigenvalue weighted by Gasteiger charge is 2.24. The van der Waals surface area contributed by atoms with Crippen molar-refractivity contribution in [2.75, 3.05) is 33.4 Å². The van der Waals surface area contributed by atoms with Gasteiger partial charge in [0.25, 0.3) is 0 Å². The predicted octanol–water partition coefficient (Wildman–Crippen LogP) is 1.81. The number of methoxy groups -OCH3 is 1. The summed E-state index contributed by atoms with van der Waals surface area (Å²) in [6.07, 6.45) is 0.512. The molecular formula is C16H23FN2O3. The minimum Gasteiger partial charge on any atom is -0.382 e. The largest absolute Gasteiger partial charge is 0.382 e. The lowest BCUT2D eigenvalue weighted by Gasteiger charge is -2.33. The van der Waals surface area contributed by atoms with Crippen molar-refractivity contribution in [2.45, 2.75) is 25.5 Å². The van der Waals surface area contributed by atoms with Gasteiger partial charge in [-0.3, -0.25) is 0 Å². The van der Waals surface area contributed by atoms with Crippen molar-refractivity contribution >= 4 is 6.03 Å². The summed E-state index contributed by atoms with van der Waals surface area (Å²) < 4.78 is 23.8. The van der Waals surface area contributed by atoms with E-state index in [4.69, 9.17) is 9.47 Å². The molecule has 1 aromatic carbocycles. The van der Waals surface area contributed by atoms with E-state index in [0.717, 1.165) is 5.56 Å². The van der Waals surface area contributed by atoms with Crippen LogP contribution in [-0.2, 0) is 15.9 Å². The lowest BCUT2D eigenvalue weighted by Crippen LogP contribution is -2.52. The Kier molecular flexibility index (Phi) is 6.15. The van der Waals surface area contributed by atoms with Gasteiger partial charge in [0.1, 0.15) is 5.82 Å². The Morgan fingerprint density at radius 2 is 2.41 bits per heavy atom. The number of carbonyl (C=O) groups excluding carboxylic acids is 1.